The quantitative estimate of drug-likeness (QED) is 0.263. The lowest BCUT2D eigenvalue weighted by Crippen LogP contribution is -2.33. The Labute approximate surface area is 215 Å². The van der Waals surface area contributed by atoms with E-state index in [1.807, 2.05) is 24.3 Å². The fraction of sp³-hybridized carbons (Fsp3) is 0.0833. The number of benzene rings is 2. The van der Waals surface area contributed by atoms with Crippen molar-refractivity contribution >= 4 is 91.4 Å². The maximum absolute atomic E-state index is 13.5. The van der Waals surface area contributed by atoms with Crippen LogP contribution < -0.4 is 26.1 Å². The minimum atomic E-state index is -0.737. The van der Waals surface area contributed by atoms with Crippen LogP contribution in [0.4, 0.5) is 0 Å². The normalized spacial score (nSPS) is 11.3. The van der Waals surface area contributed by atoms with Crippen molar-refractivity contribution in [1.29, 1.82) is 21.0 Å². The largest absolute Gasteiger partial charge is 0.277 e. The Morgan fingerprint density at radius 2 is 1.05 bits per heavy atom. The molecular formula is C24H6N6O4S3. The summed E-state index contributed by atoms with van der Waals surface area (Å²) in [6.07, 6.45) is 0. The molecule has 0 spiro atoms. The van der Waals surface area contributed by atoms with E-state index >= 15 is 0 Å². The molecule has 0 aliphatic carbocycles. The van der Waals surface area contributed by atoms with Crippen LogP contribution >= 0.6 is 34.0 Å². The maximum atomic E-state index is 13.5. The van der Waals surface area contributed by atoms with Crippen LogP contribution in [0.1, 0.15) is 10.4 Å². The van der Waals surface area contributed by atoms with E-state index in [0.717, 1.165) is 43.1 Å². The highest BCUT2D eigenvalue weighted by Gasteiger charge is 2.30. The minimum absolute atomic E-state index is 0.00250. The van der Waals surface area contributed by atoms with Crippen molar-refractivity contribution in [1.82, 2.24) is 9.13 Å². The molecule has 0 saturated carbocycles. The van der Waals surface area contributed by atoms with Gasteiger partial charge in [0.05, 0.1) is 41.2 Å². The molecule has 0 saturated heterocycles. The van der Waals surface area contributed by atoms with Crippen LogP contribution in [0.3, 0.4) is 0 Å². The van der Waals surface area contributed by atoms with Gasteiger partial charge in [0.2, 0.25) is 0 Å². The van der Waals surface area contributed by atoms with Gasteiger partial charge in [-0.2, -0.15) is 21.0 Å². The summed E-state index contributed by atoms with van der Waals surface area (Å²) in [6.45, 7) is 0. The van der Waals surface area contributed by atoms with Crippen molar-refractivity contribution in [2.75, 3.05) is 0 Å². The molecule has 0 N–H and O–H groups in total. The number of fused-ring (bicyclic) bond motifs is 6. The van der Waals surface area contributed by atoms with Crippen molar-refractivity contribution < 1.29 is 0 Å². The fourth-order valence-corrected chi connectivity index (χ4v) is 8.52. The summed E-state index contributed by atoms with van der Waals surface area (Å²) in [7, 11) is 2.57. The Morgan fingerprint density at radius 1 is 0.595 bits per heavy atom. The molecule has 0 aliphatic heterocycles. The van der Waals surface area contributed by atoms with E-state index in [9.17, 15) is 40.2 Å². The second-order valence-electron chi connectivity index (χ2n) is 8.07. The molecule has 0 atom stereocenters. The number of nitrogens with zero attached hydrogens (tertiary/aromatic N) is 6. The van der Waals surface area contributed by atoms with E-state index in [1.165, 1.54) is 14.1 Å². The van der Waals surface area contributed by atoms with Gasteiger partial charge < -0.3 is 0 Å². The highest BCUT2D eigenvalue weighted by Crippen LogP contribution is 2.45. The van der Waals surface area contributed by atoms with E-state index in [2.05, 4.69) is 0 Å². The molecule has 6 aromatic rings. The number of hydrogen-bond acceptors (Lipinski definition) is 11. The predicted octanol–water partition coefficient (Wildman–Crippen LogP) is 1.85. The van der Waals surface area contributed by atoms with Crippen molar-refractivity contribution in [2.24, 2.45) is 14.1 Å². The van der Waals surface area contributed by atoms with Crippen LogP contribution in [-0.2, 0) is 14.1 Å². The summed E-state index contributed by atoms with van der Waals surface area (Å²) in [5.74, 6) is 0. The smallest absolute Gasteiger partial charge is 0.262 e. The van der Waals surface area contributed by atoms with Gasteiger partial charge in [-0.15, -0.1) is 34.0 Å². The third-order valence-electron chi connectivity index (χ3n) is 6.40. The third-order valence-corrected chi connectivity index (χ3v) is 10.1. The molecule has 37 heavy (non-hydrogen) atoms. The van der Waals surface area contributed by atoms with E-state index in [1.54, 1.807) is 0 Å². The third kappa shape index (κ3) is 2.47. The Hall–Kier alpha value is -4.92. The zero-order valence-corrected chi connectivity index (χ0v) is 21.0. The summed E-state index contributed by atoms with van der Waals surface area (Å²) in [4.78, 5) is 54.1. The Kier molecular flexibility index (Phi) is 4.44. The summed E-state index contributed by atoms with van der Waals surface area (Å²) in [6, 6.07) is 7.53. The second kappa shape index (κ2) is 7.30. The first kappa shape index (κ1) is 22.5. The molecule has 0 unspecified atom stereocenters. The highest BCUT2D eigenvalue weighted by atomic mass is 32.2. The lowest BCUT2D eigenvalue weighted by Gasteiger charge is -2.14. The SMILES string of the molecule is Cn1c(=O)c2c3sc(=C(C#N)C#N)sc3c3c(=O)n(C)c(=O)c4c5c(C#N)c(C#N)sc5c(c1=O)c2c34. The van der Waals surface area contributed by atoms with Crippen molar-refractivity contribution in [3.63, 3.8) is 0 Å². The molecule has 0 radical (unpaired) electrons. The van der Waals surface area contributed by atoms with Gasteiger partial charge in [0.25, 0.3) is 22.2 Å². The lowest BCUT2D eigenvalue weighted by molar-refractivity contribution is 0.840. The second-order valence-corrected chi connectivity index (χ2v) is 11.4. The molecule has 6 rings (SSSR count). The molecule has 0 aliphatic rings. The first-order valence-electron chi connectivity index (χ1n) is 10.2. The average molecular weight is 539 g/mol. The lowest BCUT2D eigenvalue weighted by atomic mass is 9.93. The van der Waals surface area contributed by atoms with E-state index in [0.29, 0.717) is 4.70 Å². The molecule has 2 aromatic carbocycles. The van der Waals surface area contributed by atoms with E-state index in [-0.39, 0.29) is 67.0 Å². The van der Waals surface area contributed by atoms with Gasteiger partial charge >= 0.3 is 0 Å². The molecule has 4 heterocycles. The summed E-state index contributed by atoms with van der Waals surface area (Å²) < 4.78 is 2.83. The standard InChI is InChI=1S/C24H6N6O4S3/c1-29-20(31)13-10-8(5-27)9(6-28)35-17(10)14-12-11(13)15(22(29)33)18-19(16(12)23(34)30(2)21(14)32)37-24(36-18)7(3-25)4-26/h1-2H3. The molecule has 4 aromatic heterocycles. The van der Waals surface area contributed by atoms with E-state index < -0.39 is 22.2 Å². The monoisotopic (exact) mass is 538 g/mol. The molecule has 0 amide bonds. The number of nitriles is 4. The van der Waals surface area contributed by atoms with Crippen molar-refractivity contribution in [3.8, 4) is 24.3 Å². The molecule has 10 nitrogen and oxygen atoms in total. The van der Waals surface area contributed by atoms with Gasteiger partial charge in [0.1, 0.15) is 33.0 Å². The molecule has 13 heteroatoms. The topological polar surface area (TPSA) is 173 Å². The molecule has 0 fully saturated rings. The number of thiophene rings is 1. The summed E-state index contributed by atoms with van der Waals surface area (Å²) in [5, 5.41) is 38.8. The Morgan fingerprint density at radius 3 is 1.51 bits per heavy atom. The van der Waals surface area contributed by atoms with Gasteiger partial charge in [-0.05, 0) is 0 Å². The van der Waals surface area contributed by atoms with Crippen LogP contribution in [0, 0.1) is 45.3 Å². The van der Waals surface area contributed by atoms with Gasteiger partial charge in [-0.1, -0.05) is 0 Å². The number of rotatable bonds is 0. The highest BCUT2D eigenvalue weighted by molar-refractivity contribution is 7.37. The van der Waals surface area contributed by atoms with Crippen LogP contribution in [-0.4, -0.2) is 9.13 Å². The van der Waals surface area contributed by atoms with E-state index in [4.69, 9.17) is 0 Å². The summed E-state index contributed by atoms with van der Waals surface area (Å²) >= 11 is 2.81. The fourth-order valence-electron chi connectivity index (χ4n) is 4.77. The van der Waals surface area contributed by atoms with Gasteiger partial charge in [0.15, 0.2) is 5.57 Å². The summed E-state index contributed by atoms with van der Waals surface area (Å²) in [5.41, 5.74) is -3.10. The zero-order valence-electron chi connectivity index (χ0n) is 18.5. The minimum Gasteiger partial charge on any atom is -0.277 e. The van der Waals surface area contributed by atoms with Crippen LogP contribution in [0.5, 0.6) is 0 Å². The molecule has 0 bridgehead atoms. The van der Waals surface area contributed by atoms with Crippen LogP contribution in [0.2, 0.25) is 0 Å². The van der Waals surface area contributed by atoms with Gasteiger partial charge in [0, 0.05) is 30.3 Å². The predicted molar refractivity (Wildman–Crippen MR) is 141 cm³/mol. The van der Waals surface area contributed by atoms with Crippen LogP contribution in [0.15, 0.2) is 19.2 Å². The average Bonchev–Trinajstić information content (AvgIpc) is 3.49. The number of hydrogen-bond donors (Lipinski definition) is 0. The van der Waals surface area contributed by atoms with Crippen molar-refractivity contribution in [3.05, 3.63) is 55.7 Å². The molecular weight excluding hydrogens is 533 g/mol. The number of pyridine rings is 2. The Bertz CT molecular complexity index is 2550. The van der Waals surface area contributed by atoms with Crippen molar-refractivity contribution in [2.45, 2.75) is 0 Å². The number of aromatic nitrogens is 2. The maximum Gasteiger partial charge on any atom is 0.262 e. The first-order chi connectivity index (χ1) is 17.7. The molecule has 174 valence electrons. The Balaban J connectivity index is 2.24. The first-order valence-corrected chi connectivity index (χ1v) is 12.7. The van der Waals surface area contributed by atoms with Gasteiger partial charge in [-0.25, -0.2) is 0 Å². The van der Waals surface area contributed by atoms with Gasteiger partial charge in [-0.3, -0.25) is 28.3 Å². The zero-order chi connectivity index (χ0) is 26.5. The van der Waals surface area contributed by atoms with Crippen LogP contribution in [0.25, 0.3) is 57.4 Å².